The molecule has 0 unspecified atom stereocenters. The Morgan fingerprint density at radius 3 is 1.93 bits per heavy atom. The molecule has 5 nitrogen and oxygen atoms in total. The molecule has 1 rings (SSSR count). The number of amides is 2. The Morgan fingerprint density at radius 1 is 0.815 bits per heavy atom. The summed E-state index contributed by atoms with van der Waals surface area (Å²) >= 11 is 0. The fraction of sp³-hybridized carbons (Fsp3) is 0.600. The largest absolute Gasteiger partial charge is 0.481 e. The molecule has 152 valence electrons. The smallest absolute Gasteiger partial charge is 0.319 e. The second-order valence-corrected chi connectivity index (χ2v) is 6.69. The van der Waals surface area contributed by atoms with Crippen LogP contribution in [0, 0.1) is 11.6 Å². The van der Waals surface area contributed by atoms with Crippen molar-refractivity contribution in [2.24, 2.45) is 0 Å². The Hall–Kier alpha value is -2.18. The minimum atomic E-state index is -0.993. The van der Waals surface area contributed by atoms with E-state index in [1.54, 1.807) is 0 Å². The molecule has 2 amide bonds. The third-order valence-electron chi connectivity index (χ3n) is 4.28. The topological polar surface area (TPSA) is 78.4 Å². The Labute approximate surface area is 159 Å². The highest BCUT2D eigenvalue weighted by molar-refractivity contribution is 5.89. The molecule has 1 aromatic carbocycles. The number of nitrogens with one attached hydrogen (secondary N) is 2. The Kier molecular flexibility index (Phi) is 11.8. The number of hydrogen-bond donors (Lipinski definition) is 3. The van der Waals surface area contributed by atoms with E-state index in [0.717, 1.165) is 63.5 Å². The van der Waals surface area contributed by atoms with Crippen LogP contribution in [0.4, 0.5) is 19.3 Å². The predicted molar refractivity (Wildman–Crippen MR) is 102 cm³/mol. The first kappa shape index (κ1) is 22.9. The van der Waals surface area contributed by atoms with Crippen molar-refractivity contribution >= 4 is 17.7 Å². The molecular formula is C20H30F2N2O3. The third kappa shape index (κ3) is 11.9. The van der Waals surface area contributed by atoms with Crippen LogP contribution in [0.25, 0.3) is 0 Å². The van der Waals surface area contributed by atoms with Crippen molar-refractivity contribution in [3.63, 3.8) is 0 Å². The van der Waals surface area contributed by atoms with E-state index in [2.05, 4.69) is 10.6 Å². The van der Waals surface area contributed by atoms with E-state index in [-0.39, 0.29) is 12.1 Å². The molecule has 1 aromatic rings. The second kappa shape index (κ2) is 13.9. The lowest BCUT2D eigenvalue weighted by atomic mass is 10.1. The van der Waals surface area contributed by atoms with Crippen LogP contribution in [-0.2, 0) is 4.79 Å². The van der Waals surface area contributed by atoms with E-state index in [9.17, 15) is 18.4 Å². The number of carboxylic acid groups (broad SMARTS) is 1. The molecule has 0 heterocycles. The predicted octanol–water partition coefficient (Wildman–Crippen LogP) is 5.46. The number of carbonyl (C=O) groups is 2. The Bertz CT molecular complexity index is 582. The van der Waals surface area contributed by atoms with E-state index in [1.165, 1.54) is 18.9 Å². The molecule has 0 fully saturated rings. The zero-order valence-electron chi connectivity index (χ0n) is 15.7. The lowest BCUT2D eigenvalue weighted by Crippen LogP contribution is -2.29. The van der Waals surface area contributed by atoms with E-state index in [0.29, 0.717) is 6.54 Å². The maximum absolute atomic E-state index is 13.0. The number of unbranched alkanes of at least 4 members (excludes halogenated alkanes) is 9. The monoisotopic (exact) mass is 384 g/mol. The van der Waals surface area contributed by atoms with Gasteiger partial charge in [-0.25, -0.2) is 13.6 Å². The summed E-state index contributed by atoms with van der Waals surface area (Å²) in [6, 6.07) is 2.80. The molecule has 0 aliphatic carbocycles. The Balaban J connectivity index is 1.90. The summed E-state index contributed by atoms with van der Waals surface area (Å²) in [5.74, 6) is -2.65. The van der Waals surface area contributed by atoms with Crippen molar-refractivity contribution in [2.75, 3.05) is 11.9 Å². The summed E-state index contributed by atoms with van der Waals surface area (Å²) in [5.41, 5.74) is 0.217. The number of carbonyl (C=O) groups excluding carboxylic acids is 1. The standard InChI is InChI=1S/C20H30F2N2O3/c21-17-13-12-16(15-18(17)22)24-20(27)23-14-10-8-6-4-2-1-3-5-7-9-11-19(25)26/h12-13,15H,1-11,14H2,(H,25,26)(H2,23,24,27). The average molecular weight is 384 g/mol. The molecule has 0 radical (unpaired) electrons. The molecule has 7 heteroatoms. The molecule has 0 aliphatic heterocycles. The number of aliphatic carboxylic acids is 1. The van der Waals surface area contributed by atoms with Gasteiger partial charge in [0.05, 0.1) is 0 Å². The van der Waals surface area contributed by atoms with Crippen molar-refractivity contribution in [1.29, 1.82) is 0 Å². The van der Waals surface area contributed by atoms with Crippen molar-refractivity contribution < 1.29 is 23.5 Å². The molecule has 0 aliphatic rings. The first-order valence-corrected chi connectivity index (χ1v) is 9.70. The lowest BCUT2D eigenvalue weighted by Gasteiger charge is -2.08. The normalized spacial score (nSPS) is 10.6. The van der Waals surface area contributed by atoms with Crippen LogP contribution in [0.15, 0.2) is 18.2 Å². The molecule has 27 heavy (non-hydrogen) atoms. The highest BCUT2D eigenvalue weighted by atomic mass is 19.2. The molecule has 0 spiro atoms. The van der Waals surface area contributed by atoms with Crippen LogP contribution in [-0.4, -0.2) is 23.7 Å². The van der Waals surface area contributed by atoms with Crippen molar-refractivity contribution in [3.05, 3.63) is 29.8 Å². The first-order chi connectivity index (χ1) is 13.0. The van der Waals surface area contributed by atoms with Gasteiger partial charge in [-0.05, 0) is 25.0 Å². The number of halogens is 2. The fourth-order valence-corrected chi connectivity index (χ4v) is 2.77. The summed E-state index contributed by atoms with van der Waals surface area (Å²) in [6.45, 7) is 0.541. The van der Waals surface area contributed by atoms with Crippen LogP contribution >= 0.6 is 0 Å². The van der Waals surface area contributed by atoms with Gasteiger partial charge < -0.3 is 15.7 Å². The first-order valence-electron chi connectivity index (χ1n) is 9.70. The number of carboxylic acids is 1. The molecule has 3 N–H and O–H groups in total. The minimum absolute atomic E-state index is 0.217. The molecule has 0 atom stereocenters. The highest BCUT2D eigenvalue weighted by Crippen LogP contribution is 2.13. The SMILES string of the molecule is O=C(O)CCCCCCCCCCCCNC(=O)Nc1ccc(F)c(F)c1. The van der Waals surface area contributed by atoms with Crippen LogP contribution in [0.5, 0.6) is 0 Å². The van der Waals surface area contributed by atoms with Gasteiger partial charge in [-0.1, -0.05) is 51.4 Å². The number of benzene rings is 1. The van der Waals surface area contributed by atoms with Crippen LogP contribution in [0.2, 0.25) is 0 Å². The van der Waals surface area contributed by atoms with Gasteiger partial charge in [-0.2, -0.15) is 0 Å². The quantitative estimate of drug-likeness (QED) is 0.373. The molecule has 0 saturated heterocycles. The Morgan fingerprint density at radius 2 is 1.37 bits per heavy atom. The lowest BCUT2D eigenvalue weighted by molar-refractivity contribution is -0.137. The van der Waals surface area contributed by atoms with Gasteiger partial charge in [-0.3, -0.25) is 4.79 Å². The maximum atomic E-state index is 13.0. The molecule has 0 saturated carbocycles. The van der Waals surface area contributed by atoms with Gasteiger partial charge in [-0.15, -0.1) is 0 Å². The molecule has 0 bridgehead atoms. The van der Waals surface area contributed by atoms with E-state index in [1.807, 2.05) is 0 Å². The van der Waals surface area contributed by atoms with Gasteiger partial charge in [0.15, 0.2) is 11.6 Å². The minimum Gasteiger partial charge on any atom is -0.481 e. The van der Waals surface area contributed by atoms with E-state index in [4.69, 9.17) is 5.11 Å². The van der Waals surface area contributed by atoms with Crippen LogP contribution in [0.1, 0.15) is 70.6 Å². The zero-order chi connectivity index (χ0) is 19.9. The van der Waals surface area contributed by atoms with E-state index >= 15 is 0 Å². The highest BCUT2D eigenvalue weighted by Gasteiger charge is 2.05. The second-order valence-electron chi connectivity index (χ2n) is 6.69. The van der Waals surface area contributed by atoms with Gasteiger partial charge in [0.25, 0.3) is 0 Å². The average Bonchev–Trinajstić information content (AvgIpc) is 2.62. The fourth-order valence-electron chi connectivity index (χ4n) is 2.77. The summed E-state index contributed by atoms with van der Waals surface area (Å²) < 4.78 is 25.9. The van der Waals surface area contributed by atoms with Gasteiger partial charge in [0.1, 0.15) is 0 Å². The van der Waals surface area contributed by atoms with Gasteiger partial charge in [0.2, 0.25) is 0 Å². The third-order valence-corrected chi connectivity index (χ3v) is 4.28. The summed E-state index contributed by atoms with van der Waals surface area (Å²) in [7, 11) is 0. The number of hydrogen-bond acceptors (Lipinski definition) is 2. The maximum Gasteiger partial charge on any atom is 0.319 e. The molecular weight excluding hydrogens is 354 g/mol. The number of rotatable bonds is 14. The van der Waals surface area contributed by atoms with Crippen molar-refractivity contribution in [3.8, 4) is 0 Å². The van der Waals surface area contributed by atoms with Crippen LogP contribution in [0.3, 0.4) is 0 Å². The van der Waals surface area contributed by atoms with Gasteiger partial charge in [0, 0.05) is 24.7 Å². The number of anilines is 1. The summed E-state index contributed by atoms with van der Waals surface area (Å²) in [4.78, 5) is 22.0. The number of urea groups is 1. The zero-order valence-corrected chi connectivity index (χ0v) is 15.7. The van der Waals surface area contributed by atoms with E-state index < -0.39 is 23.6 Å². The van der Waals surface area contributed by atoms with Gasteiger partial charge >= 0.3 is 12.0 Å². The summed E-state index contributed by atoms with van der Waals surface area (Å²) in [6.07, 6.45) is 10.8. The van der Waals surface area contributed by atoms with Crippen LogP contribution < -0.4 is 10.6 Å². The summed E-state index contributed by atoms with van der Waals surface area (Å²) in [5, 5.41) is 13.7. The van der Waals surface area contributed by atoms with Crippen molar-refractivity contribution in [2.45, 2.75) is 70.6 Å². The molecule has 0 aromatic heterocycles. The van der Waals surface area contributed by atoms with Crippen molar-refractivity contribution in [1.82, 2.24) is 5.32 Å².